The van der Waals surface area contributed by atoms with Gasteiger partial charge in [0, 0.05) is 19.5 Å². The minimum Gasteiger partial charge on any atom is -0.352 e. The first-order chi connectivity index (χ1) is 9.78. The molecule has 0 aliphatic carbocycles. The fourth-order valence-electron chi connectivity index (χ4n) is 2.59. The van der Waals surface area contributed by atoms with E-state index in [1.807, 2.05) is 0 Å². The van der Waals surface area contributed by atoms with Crippen LogP contribution in [0, 0.1) is 0 Å². The molecule has 0 radical (unpaired) electrons. The maximum Gasteiger partial charge on any atom is 0.220 e. The average molecular weight is 274 g/mol. The van der Waals surface area contributed by atoms with Gasteiger partial charge in [-0.1, -0.05) is 37.6 Å². The van der Waals surface area contributed by atoms with Crippen LogP contribution < -0.4 is 5.32 Å². The molecule has 1 N–H and O–H groups in total. The Morgan fingerprint density at radius 1 is 1.15 bits per heavy atom. The Morgan fingerprint density at radius 3 is 2.45 bits per heavy atom. The molecule has 1 aromatic carbocycles. The third-order valence-corrected chi connectivity index (χ3v) is 3.87. The lowest BCUT2D eigenvalue weighted by molar-refractivity contribution is -0.121. The zero-order valence-corrected chi connectivity index (χ0v) is 12.5. The van der Waals surface area contributed by atoms with E-state index in [0.29, 0.717) is 13.0 Å². The lowest BCUT2D eigenvalue weighted by Gasteiger charge is -2.14. The molecule has 0 atom stereocenters. The molecule has 1 aromatic rings. The first-order valence-corrected chi connectivity index (χ1v) is 7.85. The van der Waals surface area contributed by atoms with Gasteiger partial charge in [-0.05, 0) is 43.5 Å². The van der Waals surface area contributed by atoms with Gasteiger partial charge in [0.25, 0.3) is 0 Å². The summed E-state index contributed by atoms with van der Waals surface area (Å²) in [5, 5.41) is 2.98. The first-order valence-electron chi connectivity index (χ1n) is 7.85. The molecule has 1 heterocycles. The van der Waals surface area contributed by atoms with Gasteiger partial charge in [0.15, 0.2) is 0 Å². The Hall–Kier alpha value is -1.35. The largest absolute Gasteiger partial charge is 0.352 e. The summed E-state index contributed by atoms with van der Waals surface area (Å²) in [6.45, 7) is 6.27. The van der Waals surface area contributed by atoms with Crippen LogP contribution in [0.2, 0.25) is 0 Å². The number of nitrogens with zero attached hydrogens (tertiary/aromatic N) is 1. The predicted molar refractivity (Wildman–Crippen MR) is 82.3 cm³/mol. The zero-order valence-electron chi connectivity index (χ0n) is 12.5. The Labute approximate surface area is 122 Å². The molecule has 0 unspecified atom stereocenters. The van der Waals surface area contributed by atoms with Gasteiger partial charge in [0.2, 0.25) is 5.91 Å². The molecular formula is C17H26N2O. The van der Waals surface area contributed by atoms with Gasteiger partial charge >= 0.3 is 0 Å². The van der Waals surface area contributed by atoms with E-state index >= 15 is 0 Å². The van der Waals surface area contributed by atoms with Gasteiger partial charge in [0.1, 0.15) is 0 Å². The van der Waals surface area contributed by atoms with Crippen molar-refractivity contribution in [2.45, 2.75) is 52.1 Å². The number of rotatable bonds is 7. The van der Waals surface area contributed by atoms with Gasteiger partial charge < -0.3 is 5.32 Å². The predicted octanol–water partition coefficient (Wildman–Crippen LogP) is 3.09. The topological polar surface area (TPSA) is 32.3 Å². The van der Waals surface area contributed by atoms with Crippen LogP contribution in [0.25, 0.3) is 0 Å². The molecule has 1 aliphatic rings. The Morgan fingerprint density at radius 2 is 1.80 bits per heavy atom. The van der Waals surface area contributed by atoms with Crippen molar-refractivity contribution < 1.29 is 4.79 Å². The SMILES string of the molecule is CCCCC(=O)NCc1ccc(CN2CCCC2)cc1. The average Bonchev–Trinajstić information content (AvgIpc) is 2.97. The monoisotopic (exact) mass is 274 g/mol. The highest BCUT2D eigenvalue weighted by Gasteiger charge is 2.11. The number of hydrogen-bond donors (Lipinski definition) is 1. The number of amides is 1. The zero-order chi connectivity index (χ0) is 14.2. The standard InChI is InChI=1S/C17H26N2O/c1-2-3-6-17(20)18-13-15-7-9-16(10-8-15)14-19-11-4-5-12-19/h7-10H,2-6,11-14H2,1H3,(H,18,20). The molecule has 2 rings (SSSR count). The third kappa shape index (κ3) is 4.97. The van der Waals surface area contributed by atoms with E-state index < -0.39 is 0 Å². The maximum atomic E-state index is 11.6. The van der Waals surface area contributed by atoms with Crippen LogP contribution in [0.3, 0.4) is 0 Å². The van der Waals surface area contributed by atoms with Gasteiger partial charge in [-0.25, -0.2) is 0 Å². The summed E-state index contributed by atoms with van der Waals surface area (Å²) in [5.41, 5.74) is 2.55. The molecule has 0 spiro atoms. The van der Waals surface area contributed by atoms with E-state index in [2.05, 4.69) is 41.4 Å². The molecule has 20 heavy (non-hydrogen) atoms. The number of nitrogens with one attached hydrogen (secondary N) is 1. The molecule has 0 aromatic heterocycles. The van der Waals surface area contributed by atoms with Gasteiger partial charge in [-0.3, -0.25) is 9.69 Å². The lowest BCUT2D eigenvalue weighted by Crippen LogP contribution is -2.22. The van der Waals surface area contributed by atoms with Crippen LogP contribution in [0.4, 0.5) is 0 Å². The van der Waals surface area contributed by atoms with Crippen molar-refractivity contribution in [1.29, 1.82) is 0 Å². The minimum atomic E-state index is 0.160. The summed E-state index contributed by atoms with van der Waals surface area (Å²) in [4.78, 5) is 14.1. The molecule has 1 saturated heterocycles. The van der Waals surface area contributed by atoms with Crippen molar-refractivity contribution in [3.8, 4) is 0 Å². The smallest absolute Gasteiger partial charge is 0.220 e. The quantitative estimate of drug-likeness (QED) is 0.828. The minimum absolute atomic E-state index is 0.160. The van der Waals surface area contributed by atoms with Crippen LogP contribution in [-0.4, -0.2) is 23.9 Å². The fourth-order valence-corrected chi connectivity index (χ4v) is 2.59. The Balaban J connectivity index is 1.74. The highest BCUT2D eigenvalue weighted by atomic mass is 16.1. The molecule has 1 fully saturated rings. The van der Waals surface area contributed by atoms with Crippen molar-refractivity contribution in [3.05, 3.63) is 35.4 Å². The van der Waals surface area contributed by atoms with Crippen LogP contribution in [0.5, 0.6) is 0 Å². The Kier molecular flexibility index (Phi) is 6.06. The fraction of sp³-hybridized carbons (Fsp3) is 0.588. The van der Waals surface area contributed by atoms with Crippen LogP contribution in [0.1, 0.15) is 50.2 Å². The highest BCUT2D eigenvalue weighted by Crippen LogP contribution is 2.13. The Bertz CT molecular complexity index is 408. The van der Waals surface area contributed by atoms with E-state index in [0.717, 1.165) is 19.4 Å². The summed E-state index contributed by atoms with van der Waals surface area (Å²) < 4.78 is 0. The van der Waals surface area contributed by atoms with Crippen molar-refractivity contribution >= 4 is 5.91 Å². The molecule has 1 amide bonds. The highest BCUT2D eigenvalue weighted by molar-refractivity contribution is 5.75. The second kappa shape index (κ2) is 8.05. The number of carbonyl (C=O) groups is 1. The molecule has 3 heteroatoms. The molecular weight excluding hydrogens is 248 g/mol. The summed E-state index contributed by atoms with van der Waals surface area (Å²) in [6.07, 6.45) is 5.35. The number of likely N-dealkylation sites (tertiary alicyclic amines) is 1. The summed E-state index contributed by atoms with van der Waals surface area (Å²) in [5.74, 6) is 0.160. The molecule has 1 aliphatic heterocycles. The summed E-state index contributed by atoms with van der Waals surface area (Å²) in [7, 11) is 0. The summed E-state index contributed by atoms with van der Waals surface area (Å²) >= 11 is 0. The second-order valence-electron chi connectivity index (χ2n) is 5.68. The first kappa shape index (κ1) is 15.0. The number of benzene rings is 1. The van der Waals surface area contributed by atoms with Gasteiger partial charge in [0.05, 0.1) is 0 Å². The van der Waals surface area contributed by atoms with Gasteiger partial charge in [-0.2, -0.15) is 0 Å². The van der Waals surface area contributed by atoms with Crippen molar-refractivity contribution in [1.82, 2.24) is 10.2 Å². The molecule has 0 saturated carbocycles. The number of carbonyl (C=O) groups excluding carboxylic acids is 1. The van der Waals surface area contributed by atoms with Crippen molar-refractivity contribution in [2.24, 2.45) is 0 Å². The summed E-state index contributed by atoms with van der Waals surface area (Å²) in [6, 6.07) is 8.63. The normalized spacial score (nSPS) is 15.4. The molecule has 0 bridgehead atoms. The second-order valence-corrected chi connectivity index (χ2v) is 5.68. The molecule has 110 valence electrons. The van der Waals surface area contributed by atoms with E-state index in [-0.39, 0.29) is 5.91 Å². The van der Waals surface area contributed by atoms with Crippen molar-refractivity contribution in [3.63, 3.8) is 0 Å². The van der Waals surface area contributed by atoms with Crippen LogP contribution in [0.15, 0.2) is 24.3 Å². The van der Waals surface area contributed by atoms with E-state index in [9.17, 15) is 4.79 Å². The van der Waals surface area contributed by atoms with E-state index in [1.165, 1.54) is 37.1 Å². The third-order valence-electron chi connectivity index (χ3n) is 3.87. The van der Waals surface area contributed by atoms with Crippen molar-refractivity contribution in [2.75, 3.05) is 13.1 Å². The van der Waals surface area contributed by atoms with Crippen LogP contribution in [-0.2, 0) is 17.9 Å². The maximum absolute atomic E-state index is 11.6. The number of hydrogen-bond acceptors (Lipinski definition) is 2. The van der Waals surface area contributed by atoms with Gasteiger partial charge in [-0.15, -0.1) is 0 Å². The van der Waals surface area contributed by atoms with E-state index in [1.54, 1.807) is 0 Å². The van der Waals surface area contributed by atoms with Crippen LogP contribution >= 0.6 is 0 Å². The van der Waals surface area contributed by atoms with E-state index in [4.69, 9.17) is 0 Å². The molecule has 3 nitrogen and oxygen atoms in total. The number of unbranched alkanes of at least 4 members (excludes halogenated alkanes) is 1. The lowest BCUT2D eigenvalue weighted by atomic mass is 10.1.